The summed E-state index contributed by atoms with van der Waals surface area (Å²) < 4.78 is 5.60. The van der Waals surface area contributed by atoms with Gasteiger partial charge < -0.3 is 4.42 Å². The second-order valence-electron chi connectivity index (χ2n) is 6.47. The van der Waals surface area contributed by atoms with Crippen molar-refractivity contribution in [2.45, 2.75) is 6.42 Å². The van der Waals surface area contributed by atoms with Crippen LogP contribution in [-0.4, -0.2) is 15.8 Å². The molecule has 1 amide bonds. The number of non-ortho nitro benzene ring substituents is 1. The summed E-state index contributed by atoms with van der Waals surface area (Å²) in [5.41, 5.74) is 1.41. The number of nitrogens with zero attached hydrogens (tertiary/aromatic N) is 2. The van der Waals surface area contributed by atoms with Crippen LogP contribution < -0.4 is 5.32 Å². The van der Waals surface area contributed by atoms with Gasteiger partial charge in [0.2, 0.25) is 0 Å². The first-order valence-corrected chi connectivity index (χ1v) is 10.5. The molecule has 2 aromatic carbocycles. The summed E-state index contributed by atoms with van der Waals surface area (Å²) in [6.07, 6.45) is 2.38. The van der Waals surface area contributed by atoms with E-state index in [1.165, 1.54) is 35.6 Å². The largest absolute Gasteiger partial charge is 0.451 e. The predicted octanol–water partition coefficient (Wildman–Crippen LogP) is 6.46. The van der Waals surface area contributed by atoms with Crippen molar-refractivity contribution in [1.29, 1.82) is 0 Å². The van der Waals surface area contributed by atoms with Crippen molar-refractivity contribution in [2.75, 3.05) is 5.32 Å². The number of nitro groups is 1. The number of rotatable bonds is 6. The number of nitro benzene ring substituents is 1. The van der Waals surface area contributed by atoms with Crippen LogP contribution >= 0.6 is 34.5 Å². The van der Waals surface area contributed by atoms with Gasteiger partial charge >= 0.3 is 0 Å². The van der Waals surface area contributed by atoms with E-state index >= 15 is 0 Å². The van der Waals surface area contributed by atoms with Gasteiger partial charge in [-0.2, -0.15) is 0 Å². The number of halogens is 2. The van der Waals surface area contributed by atoms with Crippen LogP contribution in [0.4, 0.5) is 10.8 Å². The maximum absolute atomic E-state index is 12.5. The fourth-order valence-corrected chi connectivity index (χ4v) is 4.07. The Morgan fingerprint density at radius 1 is 1.13 bits per heavy atom. The summed E-state index contributed by atoms with van der Waals surface area (Å²) in [7, 11) is 0. The molecule has 0 fully saturated rings. The normalized spacial score (nSPS) is 10.8. The zero-order valence-electron chi connectivity index (χ0n) is 15.7. The first-order valence-electron chi connectivity index (χ1n) is 8.94. The number of nitrogens with one attached hydrogen (secondary N) is 1. The molecule has 7 nitrogen and oxygen atoms in total. The maximum Gasteiger partial charge on any atom is 0.293 e. The smallest absolute Gasteiger partial charge is 0.293 e. The Balaban J connectivity index is 1.44. The quantitative estimate of drug-likeness (QED) is 0.255. The number of aromatic nitrogens is 1. The number of hydrogen-bond acceptors (Lipinski definition) is 6. The molecule has 2 aromatic heterocycles. The molecule has 1 N–H and O–H groups in total. The number of carbonyl (C=O) groups is 1. The van der Waals surface area contributed by atoms with E-state index in [0.717, 1.165) is 10.4 Å². The van der Waals surface area contributed by atoms with Gasteiger partial charge in [0, 0.05) is 40.2 Å². The van der Waals surface area contributed by atoms with E-state index in [9.17, 15) is 14.9 Å². The molecule has 2 heterocycles. The third-order valence-corrected chi connectivity index (χ3v) is 5.80. The minimum Gasteiger partial charge on any atom is -0.451 e. The van der Waals surface area contributed by atoms with Gasteiger partial charge in [0.25, 0.3) is 11.6 Å². The first-order chi connectivity index (χ1) is 14.9. The van der Waals surface area contributed by atoms with Gasteiger partial charge in [-0.1, -0.05) is 35.3 Å². The molecule has 0 unspecified atom stereocenters. The number of amides is 1. The van der Waals surface area contributed by atoms with Crippen molar-refractivity contribution in [1.82, 2.24) is 4.98 Å². The Bertz CT molecular complexity index is 1270. The molecule has 4 rings (SSSR count). The molecule has 31 heavy (non-hydrogen) atoms. The van der Waals surface area contributed by atoms with Gasteiger partial charge in [-0.05, 0) is 35.9 Å². The molecule has 0 radical (unpaired) electrons. The van der Waals surface area contributed by atoms with Gasteiger partial charge in [-0.25, -0.2) is 4.98 Å². The molecule has 0 aliphatic rings. The summed E-state index contributed by atoms with van der Waals surface area (Å²) in [6.45, 7) is 0. The Labute approximate surface area is 190 Å². The van der Waals surface area contributed by atoms with Gasteiger partial charge in [0.1, 0.15) is 5.76 Å². The van der Waals surface area contributed by atoms with Crippen molar-refractivity contribution in [3.05, 3.63) is 97.2 Å². The van der Waals surface area contributed by atoms with Crippen LogP contribution in [0.5, 0.6) is 0 Å². The van der Waals surface area contributed by atoms with Crippen LogP contribution in [0.2, 0.25) is 10.0 Å². The number of benzene rings is 2. The van der Waals surface area contributed by atoms with Crippen LogP contribution in [0.1, 0.15) is 21.0 Å². The number of furan rings is 1. The minimum atomic E-state index is -0.536. The minimum absolute atomic E-state index is 0.0684. The fraction of sp³-hybridized carbons (Fsp3) is 0.0476. The van der Waals surface area contributed by atoms with E-state index in [1.54, 1.807) is 12.3 Å². The van der Waals surface area contributed by atoms with E-state index in [1.807, 2.05) is 24.3 Å². The highest BCUT2D eigenvalue weighted by molar-refractivity contribution is 7.15. The Hall–Kier alpha value is -3.20. The van der Waals surface area contributed by atoms with Gasteiger partial charge in [0.15, 0.2) is 10.9 Å². The number of hydrogen-bond donors (Lipinski definition) is 1. The van der Waals surface area contributed by atoms with Crippen LogP contribution in [0, 0.1) is 10.1 Å². The lowest BCUT2D eigenvalue weighted by molar-refractivity contribution is -0.384. The van der Waals surface area contributed by atoms with Crippen molar-refractivity contribution >= 4 is 51.3 Å². The van der Waals surface area contributed by atoms with Gasteiger partial charge in [0.05, 0.1) is 9.95 Å². The van der Waals surface area contributed by atoms with Crippen molar-refractivity contribution in [3.63, 3.8) is 0 Å². The molecule has 0 aliphatic heterocycles. The molecular weight excluding hydrogens is 461 g/mol. The highest BCUT2D eigenvalue weighted by Crippen LogP contribution is 2.32. The lowest BCUT2D eigenvalue weighted by Gasteiger charge is -2.01. The number of anilines is 1. The second kappa shape index (κ2) is 8.89. The van der Waals surface area contributed by atoms with Crippen LogP contribution in [0.25, 0.3) is 11.3 Å². The topological polar surface area (TPSA) is 98.3 Å². The molecule has 10 heteroatoms. The van der Waals surface area contributed by atoms with E-state index in [4.69, 9.17) is 27.6 Å². The van der Waals surface area contributed by atoms with Crippen LogP contribution in [0.3, 0.4) is 0 Å². The lowest BCUT2D eigenvalue weighted by Crippen LogP contribution is -2.10. The Morgan fingerprint density at radius 2 is 1.90 bits per heavy atom. The van der Waals surface area contributed by atoms with E-state index in [2.05, 4.69) is 10.3 Å². The summed E-state index contributed by atoms with van der Waals surface area (Å²) in [5, 5.41) is 14.8. The fourth-order valence-electron chi connectivity index (χ4n) is 2.83. The van der Waals surface area contributed by atoms with Gasteiger partial charge in [-0.15, -0.1) is 11.3 Å². The lowest BCUT2D eigenvalue weighted by atomic mass is 10.1. The van der Waals surface area contributed by atoms with Crippen molar-refractivity contribution in [2.24, 2.45) is 0 Å². The monoisotopic (exact) mass is 473 g/mol. The van der Waals surface area contributed by atoms with Crippen molar-refractivity contribution < 1.29 is 14.1 Å². The highest BCUT2D eigenvalue weighted by atomic mass is 35.5. The summed E-state index contributed by atoms with van der Waals surface area (Å²) in [5.74, 6) is -0.0665. The maximum atomic E-state index is 12.5. The highest BCUT2D eigenvalue weighted by Gasteiger charge is 2.17. The zero-order valence-corrected chi connectivity index (χ0v) is 18.0. The molecule has 0 atom stereocenters. The number of thiazole rings is 1. The molecular formula is C21H13Cl2N3O4S. The third-order valence-electron chi connectivity index (χ3n) is 4.32. The molecule has 156 valence electrons. The van der Waals surface area contributed by atoms with Crippen LogP contribution in [0.15, 0.2) is 65.2 Å². The summed E-state index contributed by atoms with van der Waals surface area (Å²) in [4.78, 5) is 28.0. The zero-order chi connectivity index (χ0) is 22.0. The molecule has 0 saturated heterocycles. The summed E-state index contributed by atoms with van der Waals surface area (Å²) >= 11 is 13.4. The Morgan fingerprint density at radius 3 is 2.61 bits per heavy atom. The Kier molecular flexibility index (Phi) is 6.03. The standard InChI is InChI=1S/C21H13Cl2N3O4S/c22-13-3-1-12(2-4-13)9-15-11-24-21(31-15)25-20(27)19-8-7-18(30-19)16-6-5-14(26(28)29)10-17(16)23/h1-8,10-11H,9H2,(H,24,25,27). The average Bonchev–Trinajstić information content (AvgIpc) is 3.39. The molecule has 0 saturated carbocycles. The third kappa shape index (κ3) is 4.93. The van der Waals surface area contributed by atoms with E-state index in [0.29, 0.717) is 27.9 Å². The van der Waals surface area contributed by atoms with E-state index < -0.39 is 10.8 Å². The molecule has 0 spiro atoms. The molecule has 0 aliphatic carbocycles. The SMILES string of the molecule is O=C(Nc1ncc(Cc2ccc(Cl)cc2)s1)c1ccc(-c2ccc([N+](=O)[O-])cc2Cl)o1. The van der Waals surface area contributed by atoms with Crippen LogP contribution in [-0.2, 0) is 6.42 Å². The van der Waals surface area contributed by atoms with Gasteiger partial charge in [-0.3, -0.25) is 20.2 Å². The average molecular weight is 474 g/mol. The van der Waals surface area contributed by atoms with E-state index in [-0.39, 0.29) is 16.5 Å². The molecule has 0 bridgehead atoms. The van der Waals surface area contributed by atoms with Crippen molar-refractivity contribution in [3.8, 4) is 11.3 Å². The predicted molar refractivity (Wildman–Crippen MR) is 120 cm³/mol. The first kappa shape index (κ1) is 21.0. The second-order valence-corrected chi connectivity index (χ2v) is 8.43. The molecule has 4 aromatic rings. The number of carbonyl (C=O) groups excluding carboxylic acids is 1. The summed E-state index contributed by atoms with van der Waals surface area (Å²) in [6, 6.07) is 14.6.